The van der Waals surface area contributed by atoms with Crippen LogP contribution in [0, 0.1) is 0 Å². The van der Waals surface area contributed by atoms with Gasteiger partial charge in [-0.05, 0) is 47.9 Å². The van der Waals surface area contributed by atoms with Crippen LogP contribution in [-0.2, 0) is 24.0 Å². The maximum Gasteiger partial charge on any atom is 0.0913 e. The number of rotatable bonds is 10. The molecule has 0 bridgehead atoms. The van der Waals surface area contributed by atoms with E-state index in [9.17, 15) is 0 Å². The van der Waals surface area contributed by atoms with Crippen LogP contribution in [0.3, 0.4) is 0 Å². The van der Waals surface area contributed by atoms with Crippen LogP contribution < -0.4 is 0 Å². The fourth-order valence-electron chi connectivity index (χ4n) is 3.14. The summed E-state index contributed by atoms with van der Waals surface area (Å²) in [5.41, 5.74) is 5.47. The summed E-state index contributed by atoms with van der Waals surface area (Å²) in [5, 5.41) is 0. The van der Waals surface area contributed by atoms with Crippen LogP contribution in [0.15, 0.2) is 103 Å². The summed E-state index contributed by atoms with van der Waals surface area (Å²) < 4.78 is 5.91. The highest BCUT2D eigenvalue weighted by molar-refractivity contribution is 5.19. The van der Waals surface area contributed by atoms with E-state index in [2.05, 4.69) is 91.0 Å². The van der Waals surface area contributed by atoms with Crippen LogP contribution >= 0.6 is 0 Å². The minimum Gasteiger partial charge on any atom is -0.501 e. The number of ether oxygens (including phenoxy) is 1. The Bertz CT molecular complexity index is 746. The molecule has 0 aliphatic heterocycles. The Hall–Kier alpha value is -2.80. The van der Waals surface area contributed by atoms with Crippen molar-refractivity contribution in [3.8, 4) is 0 Å². The highest BCUT2D eigenvalue weighted by Gasteiger charge is 2.02. The van der Waals surface area contributed by atoms with Gasteiger partial charge in [0.15, 0.2) is 0 Å². The molecule has 3 aromatic rings. The van der Waals surface area contributed by atoms with E-state index in [1.807, 2.05) is 6.26 Å². The average molecular weight is 357 g/mol. The lowest BCUT2D eigenvalue weighted by molar-refractivity contribution is 0.249. The van der Waals surface area contributed by atoms with Crippen molar-refractivity contribution in [1.82, 2.24) is 0 Å². The molecule has 0 N–H and O–H groups in total. The van der Waals surface area contributed by atoms with E-state index in [0.717, 1.165) is 38.7 Å². The van der Waals surface area contributed by atoms with Crippen molar-refractivity contribution in [3.63, 3.8) is 0 Å². The van der Waals surface area contributed by atoms with Gasteiger partial charge in [-0.25, -0.2) is 0 Å². The zero-order valence-corrected chi connectivity index (χ0v) is 15.9. The minimum atomic E-state index is 0.726. The summed E-state index contributed by atoms with van der Waals surface area (Å²) >= 11 is 0. The lowest BCUT2D eigenvalue weighted by Gasteiger charge is -2.10. The summed E-state index contributed by atoms with van der Waals surface area (Å²) in [4.78, 5) is 0. The molecule has 0 atom stereocenters. The predicted molar refractivity (Wildman–Crippen MR) is 114 cm³/mol. The second-order valence-electron chi connectivity index (χ2n) is 6.85. The van der Waals surface area contributed by atoms with Gasteiger partial charge in [-0.3, -0.25) is 0 Å². The third-order valence-corrected chi connectivity index (χ3v) is 4.76. The molecule has 0 amide bonds. The molecule has 0 saturated carbocycles. The summed E-state index contributed by atoms with van der Waals surface area (Å²) in [7, 11) is 0. The Balaban J connectivity index is 1.53. The molecular weight excluding hydrogens is 328 g/mol. The smallest absolute Gasteiger partial charge is 0.0913 e. The molecule has 3 rings (SSSR count). The van der Waals surface area contributed by atoms with Crippen LogP contribution in [0.25, 0.3) is 0 Å². The van der Waals surface area contributed by atoms with Crippen molar-refractivity contribution in [1.29, 1.82) is 0 Å². The molecule has 1 heteroatoms. The van der Waals surface area contributed by atoms with Crippen LogP contribution in [0.1, 0.15) is 29.5 Å². The van der Waals surface area contributed by atoms with Gasteiger partial charge in [0, 0.05) is 6.42 Å². The lowest BCUT2D eigenvalue weighted by atomic mass is 9.99. The van der Waals surface area contributed by atoms with Gasteiger partial charge >= 0.3 is 0 Å². The van der Waals surface area contributed by atoms with Gasteiger partial charge in [-0.2, -0.15) is 0 Å². The molecule has 0 aliphatic rings. The summed E-state index contributed by atoms with van der Waals surface area (Å²) in [5.74, 6) is 0. The Morgan fingerprint density at radius 1 is 0.556 bits per heavy atom. The SMILES string of the molecule is C(OCCc1ccccc1)=C(CCc1ccccc1)CCc1ccccc1. The molecule has 1 nitrogen and oxygen atoms in total. The molecule has 0 saturated heterocycles. The minimum absolute atomic E-state index is 0.726. The predicted octanol–water partition coefficient (Wildman–Crippen LogP) is 6.40. The standard InChI is InChI=1S/C26H28O/c1-4-10-23(11-5-1)16-18-26(19-17-24-12-6-2-7-13-24)22-27-21-20-25-14-8-3-9-15-25/h1-15,22H,16-21H2. The zero-order chi connectivity index (χ0) is 18.6. The van der Waals surface area contributed by atoms with Gasteiger partial charge in [-0.1, -0.05) is 91.0 Å². The Kier molecular flexibility index (Phi) is 7.75. The van der Waals surface area contributed by atoms with E-state index in [1.165, 1.54) is 22.3 Å². The van der Waals surface area contributed by atoms with Crippen LogP contribution in [-0.4, -0.2) is 6.61 Å². The van der Waals surface area contributed by atoms with E-state index < -0.39 is 0 Å². The van der Waals surface area contributed by atoms with Crippen LogP contribution in [0.2, 0.25) is 0 Å². The van der Waals surface area contributed by atoms with E-state index in [4.69, 9.17) is 4.74 Å². The molecule has 0 spiro atoms. The molecule has 0 unspecified atom stereocenters. The number of hydrogen-bond acceptors (Lipinski definition) is 1. The zero-order valence-electron chi connectivity index (χ0n) is 15.9. The lowest BCUT2D eigenvalue weighted by Crippen LogP contribution is -1.97. The quantitative estimate of drug-likeness (QED) is 0.302. The number of aryl methyl sites for hydroxylation is 2. The highest BCUT2D eigenvalue weighted by Crippen LogP contribution is 2.16. The first-order valence-electron chi connectivity index (χ1n) is 9.81. The number of hydrogen-bond donors (Lipinski definition) is 0. The largest absolute Gasteiger partial charge is 0.501 e. The molecular formula is C26H28O. The van der Waals surface area contributed by atoms with E-state index in [1.54, 1.807) is 0 Å². The molecule has 0 fully saturated rings. The normalized spacial score (nSPS) is 10.4. The van der Waals surface area contributed by atoms with E-state index in [0.29, 0.717) is 0 Å². The molecule has 138 valence electrons. The Morgan fingerprint density at radius 3 is 1.41 bits per heavy atom. The second kappa shape index (κ2) is 11.0. The van der Waals surface area contributed by atoms with Crippen molar-refractivity contribution in [2.75, 3.05) is 6.61 Å². The Morgan fingerprint density at radius 2 is 0.963 bits per heavy atom. The van der Waals surface area contributed by atoms with Gasteiger partial charge in [0.1, 0.15) is 0 Å². The van der Waals surface area contributed by atoms with Crippen molar-refractivity contribution < 1.29 is 4.74 Å². The summed E-state index contributed by atoms with van der Waals surface area (Å²) in [6, 6.07) is 31.9. The van der Waals surface area contributed by atoms with Gasteiger partial charge in [-0.15, -0.1) is 0 Å². The molecule has 0 heterocycles. The maximum atomic E-state index is 5.91. The fourth-order valence-corrected chi connectivity index (χ4v) is 3.14. The van der Waals surface area contributed by atoms with Crippen LogP contribution in [0.4, 0.5) is 0 Å². The van der Waals surface area contributed by atoms with Crippen molar-refractivity contribution >= 4 is 0 Å². The Labute approximate surface area is 163 Å². The third kappa shape index (κ3) is 7.15. The second-order valence-corrected chi connectivity index (χ2v) is 6.85. The van der Waals surface area contributed by atoms with E-state index >= 15 is 0 Å². The monoisotopic (exact) mass is 356 g/mol. The highest BCUT2D eigenvalue weighted by atomic mass is 16.5. The topological polar surface area (TPSA) is 9.23 Å². The van der Waals surface area contributed by atoms with Crippen LogP contribution in [0.5, 0.6) is 0 Å². The number of benzene rings is 3. The first kappa shape index (κ1) is 19.0. The molecule has 27 heavy (non-hydrogen) atoms. The first-order chi connectivity index (χ1) is 13.4. The van der Waals surface area contributed by atoms with Gasteiger partial charge in [0.05, 0.1) is 12.9 Å². The summed E-state index contributed by atoms with van der Waals surface area (Å²) in [6.07, 6.45) is 7.16. The van der Waals surface area contributed by atoms with Crippen molar-refractivity contribution in [3.05, 3.63) is 120 Å². The molecule has 0 aromatic heterocycles. The number of allylic oxidation sites excluding steroid dienone is 1. The fraction of sp³-hybridized carbons (Fsp3) is 0.231. The summed E-state index contributed by atoms with van der Waals surface area (Å²) in [6.45, 7) is 0.726. The first-order valence-corrected chi connectivity index (χ1v) is 9.81. The molecule has 3 aromatic carbocycles. The van der Waals surface area contributed by atoms with Gasteiger partial charge in [0.2, 0.25) is 0 Å². The van der Waals surface area contributed by atoms with Crippen molar-refractivity contribution in [2.45, 2.75) is 32.1 Å². The van der Waals surface area contributed by atoms with Gasteiger partial charge in [0.25, 0.3) is 0 Å². The molecule has 0 radical (unpaired) electrons. The average Bonchev–Trinajstić information content (AvgIpc) is 2.75. The third-order valence-electron chi connectivity index (χ3n) is 4.76. The van der Waals surface area contributed by atoms with E-state index in [-0.39, 0.29) is 0 Å². The molecule has 0 aliphatic carbocycles. The van der Waals surface area contributed by atoms with Gasteiger partial charge < -0.3 is 4.74 Å². The van der Waals surface area contributed by atoms with Crippen molar-refractivity contribution in [2.24, 2.45) is 0 Å². The maximum absolute atomic E-state index is 5.91.